The average Bonchev–Trinajstić information content (AvgIpc) is 3.18. The number of nitrogens with zero attached hydrogens (tertiary/aromatic N) is 1. The molecule has 19 heavy (non-hydrogen) atoms. The van der Waals surface area contributed by atoms with Crippen LogP contribution in [0.1, 0.15) is 23.2 Å². The average molecular weight is 282 g/mol. The van der Waals surface area contributed by atoms with Crippen LogP contribution in [-0.2, 0) is 0 Å². The molecule has 0 radical (unpaired) electrons. The fraction of sp³-hybridized carbons (Fsp3) is 0.500. The third kappa shape index (κ3) is 2.19. The van der Waals surface area contributed by atoms with Gasteiger partial charge in [0, 0.05) is 5.02 Å². The van der Waals surface area contributed by atoms with Crippen molar-refractivity contribution in [2.24, 2.45) is 5.92 Å². The molecular weight excluding hydrogens is 266 g/mol. The maximum Gasteiger partial charge on any atom is 0.257 e. The van der Waals surface area contributed by atoms with Gasteiger partial charge in [0.2, 0.25) is 0 Å². The normalized spacial score (nSPS) is 20.9. The molecule has 2 aliphatic rings. The minimum Gasteiger partial charge on any atom is -0.496 e. The van der Waals surface area contributed by atoms with Crippen LogP contribution in [0.4, 0.5) is 0 Å². The van der Waals surface area contributed by atoms with Crippen LogP contribution >= 0.6 is 11.6 Å². The Hall–Kier alpha value is -1.26. The van der Waals surface area contributed by atoms with Crippen molar-refractivity contribution in [2.45, 2.75) is 18.4 Å². The summed E-state index contributed by atoms with van der Waals surface area (Å²) < 4.78 is 5.18. The number of carbonyl (C=O) groups is 1. The van der Waals surface area contributed by atoms with Gasteiger partial charge in [-0.1, -0.05) is 11.6 Å². The van der Waals surface area contributed by atoms with Crippen LogP contribution in [0.2, 0.25) is 5.02 Å². The second-order valence-electron chi connectivity index (χ2n) is 5.38. The van der Waals surface area contributed by atoms with Gasteiger partial charge in [0.25, 0.3) is 5.91 Å². The molecule has 1 heterocycles. The molecule has 1 saturated heterocycles. The molecule has 1 amide bonds. The van der Waals surface area contributed by atoms with Crippen LogP contribution in [0.15, 0.2) is 18.2 Å². The topological polar surface area (TPSA) is 49.8 Å². The Morgan fingerprint density at radius 1 is 1.47 bits per heavy atom. The van der Waals surface area contributed by atoms with E-state index in [4.69, 9.17) is 16.3 Å². The molecule has 0 unspecified atom stereocenters. The van der Waals surface area contributed by atoms with Gasteiger partial charge in [0.15, 0.2) is 0 Å². The molecule has 1 aliphatic carbocycles. The van der Waals surface area contributed by atoms with Crippen molar-refractivity contribution < 1.29 is 14.6 Å². The van der Waals surface area contributed by atoms with Crippen LogP contribution in [0.5, 0.6) is 5.75 Å². The Morgan fingerprint density at radius 2 is 2.16 bits per heavy atom. The van der Waals surface area contributed by atoms with Gasteiger partial charge in [-0.05, 0) is 37.0 Å². The van der Waals surface area contributed by atoms with Crippen molar-refractivity contribution in [3.63, 3.8) is 0 Å². The summed E-state index contributed by atoms with van der Waals surface area (Å²) >= 11 is 5.92. The van der Waals surface area contributed by atoms with Crippen molar-refractivity contribution >= 4 is 17.5 Å². The molecule has 1 aliphatic heterocycles. The summed E-state index contributed by atoms with van der Waals surface area (Å²) in [5, 5.41) is 10.7. The summed E-state index contributed by atoms with van der Waals surface area (Å²) in [6.45, 7) is 0.818. The van der Waals surface area contributed by atoms with Crippen LogP contribution in [-0.4, -0.2) is 41.7 Å². The molecule has 3 rings (SSSR count). The molecule has 1 saturated carbocycles. The first-order chi connectivity index (χ1) is 9.03. The summed E-state index contributed by atoms with van der Waals surface area (Å²) in [5.41, 5.74) is -0.213. The number of halogens is 1. The molecule has 2 fully saturated rings. The number of aliphatic hydroxyl groups is 1. The number of benzene rings is 1. The summed E-state index contributed by atoms with van der Waals surface area (Å²) in [5.74, 6) is 0.749. The van der Waals surface area contributed by atoms with E-state index >= 15 is 0 Å². The van der Waals surface area contributed by atoms with E-state index in [2.05, 4.69) is 0 Å². The highest BCUT2D eigenvalue weighted by Crippen LogP contribution is 2.45. The minimum atomic E-state index is -0.665. The first kappa shape index (κ1) is 12.8. The Morgan fingerprint density at radius 3 is 2.74 bits per heavy atom. The lowest BCUT2D eigenvalue weighted by molar-refractivity contribution is -0.0958. The van der Waals surface area contributed by atoms with Gasteiger partial charge >= 0.3 is 0 Å². The predicted octanol–water partition coefficient (Wildman–Crippen LogP) is 1.95. The van der Waals surface area contributed by atoms with Crippen molar-refractivity contribution in [1.82, 2.24) is 4.90 Å². The second kappa shape index (κ2) is 4.39. The molecule has 1 aromatic carbocycles. The number of methoxy groups -OCH3 is 1. The molecule has 5 heteroatoms. The van der Waals surface area contributed by atoms with E-state index in [1.165, 1.54) is 7.11 Å². The second-order valence-corrected chi connectivity index (χ2v) is 5.82. The first-order valence-corrected chi connectivity index (χ1v) is 6.76. The molecule has 1 aromatic rings. The number of carbonyl (C=O) groups excluding carboxylic acids is 1. The van der Waals surface area contributed by atoms with E-state index in [-0.39, 0.29) is 5.91 Å². The molecule has 1 N–H and O–H groups in total. The maximum absolute atomic E-state index is 12.4. The Labute approximate surface area is 116 Å². The molecule has 0 atom stereocenters. The Balaban J connectivity index is 1.76. The molecule has 102 valence electrons. The first-order valence-electron chi connectivity index (χ1n) is 6.39. The van der Waals surface area contributed by atoms with Crippen molar-refractivity contribution in [1.29, 1.82) is 0 Å². The number of hydrogen-bond acceptors (Lipinski definition) is 3. The summed E-state index contributed by atoms with van der Waals surface area (Å²) in [4.78, 5) is 14.0. The third-order valence-electron chi connectivity index (χ3n) is 3.95. The Kier molecular flexibility index (Phi) is 2.95. The number of likely N-dealkylation sites (tertiary alicyclic amines) is 1. The zero-order chi connectivity index (χ0) is 13.6. The van der Waals surface area contributed by atoms with E-state index in [0.29, 0.717) is 35.3 Å². The van der Waals surface area contributed by atoms with Crippen molar-refractivity contribution in [3.05, 3.63) is 28.8 Å². The maximum atomic E-state index is 12.4. The number of hydrogen-bond donors (Lipinski definition) is 1. The lowest BCUT2D eigenvalue weighted by atomic mass is 9.88. The highest BCUT2D eigenvalue weighted by Gasteiger charge is 2.53. The van der Waals surface area contributed by atoms with Crippen molar-refractivity contribution in [2.75, 3.05) is 20.2 Å². The van der Waals surface area contributed by atoms with Crippen LogP contribution in [0, 0.1) is 5.92 Å². The number of ether oxygens (including phenoxy) is 1. The lowest BCUT2D eigenvalue weighted by Gasteiger charge is -2.47. The highest BCUT2D eigenvalue weighted by atomic mass is 35.5. The van der Waals surface area contributed by atoms with Gasteiger partial charge in [-0.25, -0.2) is 0 Å². The van der Waals surface area contributed by atoms with E-state index < -0.39 is 5.60 Å². The van der Waals surface area contributed by atoms with E-state index in [0.717, 1.165) is 12.8 Å². The summed E-state index contributed by atoms with van der Waals surface area (Å²) in [6.07, 6.45) is 2.14. The van der Waals surface area contributed by atoms with Gasteiger partial charge in [-0.15, -0.1) is 0 Å². The molecule has 0 spiro atoms. The number of β-amino-alcohol motifs (C(OH)–C–C–N with tert-alkyl or cyclic N) is 1. The van der Waals surface area contributed by atoms with Gasteiger partial charge in [0.05, 0.1) is 25.8 Å². The summed E-state index contributed by atoms with van der Waals surface area (Å²) in [6, 6.07) is 4.98. The highest BCUT2D eigenvalue weighted by molar-refractivity contribution is 6.31. The fourth-order valence-corrected chi connectivity index (χ4v) is 2.83. The van der Waals surface area contributed by atoms with Crippen LogP contribution in [0.3, 0.4) is 0 Å². The minimum absolute atomic E-state index is 0.135. The largest absolute Gasteiger partial charge is 0.496 e. The molecule has 4 nitrogen and oxygen atoms in total. The van der Waals surface area contributed by atoms with Crippen molar-refractivity contribution in [3.8, 4) is 5.75 Å². The predicted molar refractivity (Wildman–Crippen MR) is 71.6 cm³/mol. The third-order valence-corrected chi connectivity index (χ3v) is 4.18. The Bertz CT molecular complexity index is 521. The fourth-order valence-electron chi connectivity index (χ4n) is 2.65. The van der Waals surface area contributed by atoms with Gasteiger partial charge < -0.3 is 14.7 Å². The zero-order valence-electron chi connectivity index (χ0n) is 10.7. The lowest BCUT2D eigenvalue weighted by Crippen LogP contribution is -2.64. The molecule has 0 aromatic heterocycles. The SMILES string of the molecule is COc1ccc(Cl)cc1C(=O)N1CC(O)(C2CC2)C1. The van der Waals surface area contributed by atoms with Gasteiger partial charge in [-0.3, -0.25) is 4.79 Å². The van der Waals surface area contributed by atoms with Crippen LogP contribution < -0.4 is 4.74 Å². The monoisotopic (exact) mass is 281 g/mol. The quantitative estimate of drug-likeness (QED) is 0.921. The zero-order valence-corrected chi connectivity index (χ0v) is 11.5. The van der Waals surface area contributed by atoms with Gasteiger partial charge in [0.1, 0.15) is 11.4 Å². The number of rotatable bonds is 3. The van der Waals surface area contributed by atoms with Crippen LogP contribution in [0.25, 0.3) is 0 Å². The van der Waals surface area contributed by atoms with E-state index in [9.17, 15) is 9.90 Å². The molecular formula is C14H16ClNO3. The smallest absolute Gasteiger partial charge is 0.257 e. The van der Waals surface area contributed by atoms with Gasteiger partial charge in [-0.2, -0.15) is 0 Å². The number of amides is 1. The standard InChI is InChI=1S/C14H16ClNO3/c1-19-12-5-4-10(15)6-11(12)13(17)16-7-14(18,8-16)9-2-3-9/h4-6,9,18H,2-3,7-8H2,1H3. The van der Waals surface area contributed by atoms with E-state index in [1.54, 1.807) is 23.1 Å². The molecule has 0 bridgehead atoms. The van der Waals surface area contributed by atoms with E-state index in [1.807, 2.05) is 0 Å². The summed E-state index contributed by atoms with van der Waals surface area (Å²) in [7, 11) is 1.52.